The normalized spacial score (nSPS) is 11.2. The van der Waals surface area contributed by atoms with Crippen LogP contribution in [0.15, 0.2) is 12.1 Å². The number of halogens is 5. The minimum absolute atomic E-state index is 0.00755. The molecule has 1 nitrogen and oxygen atoms in total. The van der Waals surface area contributed by atoms with E-state index in [0.717, 1.165) is 6.07 Å². The number of nitrogens with zero attached hydrogens (tertiary/aromatic N) is 1. The predicted molar refractivity (Wildman–Crippen MR) is 53.8 cm³/mol. The van der Waals surface area contributed by atoms with E-state index in [4.69, 9.17) is 16.9 Å². The van der Waals surface area contributed by atoms with Gasteiger partial charge in [-0.2, -0.15) is 18.4 Å². The maximum atomic E-state index is 12.5. The molecule has 0 radical (unpaired) electrons. The zero-order chi connectivity index (χ0) is 11.6. The molecule has 0 amide bonds. The van der Waals surface area contributed by atoms with Crippen LogP contribution in [0, 0.1) is 11.3 Å². The third-order valence-corrected chi connectivity index (χ3v) is 2.66. The van der Waals surface area contributed by atoms with Crippen molar-refractivity contribution >= 4 is 27.5 Å². The summed E-state index contributed by atoms with van der Waals surface area (Å²) < 4.78 is 37.6. The Hall–Kier alpha value is -0.730. The van der Waals surface area contributed by atoms with E-state index in [1.165, 1.54) is 6.07 Å². The predicted octanol–water partition coefficient (Wildman–Crippen LogP) is 4.13. The van der Waals surface area contributed by atoms with Gasteiger partial charge in [-0.05, 0) is 17.7 Å². The second kappa shape index (κ2) is 4.42. The van der Waals surface area contributed by atoms with Gasteiger partial charge in [-0.3, -0.25) is 0 Å². The first kappa shape index (κ1) is 12.3. The summed E-state index contributed by atoms with van der Waals surface area (Å²) in [5.74, 6) is 0. The van der Waals surface area contributed by atoms with Crippen LogP contribution in [0.5, 0.6) is 0 Å². The van der Waals surface area contributed by atoms with Crippen molar-refractivity contribution in [3.05, 3.63) is 33.8 Å². The Bertz CT molecular complexity index is 423. The van der Waals surface area contributed by atoms with E-state index in [1.54, 1.807) is 6.07 Å². The Labute approximate surface area is 97.6 Å². The van der Waals surface area contributed by atoms with Crippen molar-refractivity contribution in [2.24, 2.45) is 0 Å². The Morgan fingerprint density at radius 3 is 2.40 bits per heavy atom. The lowest BCUT2D eigenvalue weighted by atomic mass is 10.1. The molecule has 0 saturated heterocycles. The molecule has 1 rings (SSSR count). The second-order valence-electron chi connectivity index (χ2n) is 2.73. The lowest BCUT2D eigenvalue weighted by Crippen LogP contribution is -2.09. The molecule has 0 bridgehead atoms. The van der Waals surface area contributed by atoms with E-state index in [-0.39, 0.29) is 21.5 Å². The molecule has 0 fully saturated rings. The lowest BCUT2D eigenvalue weighted by Gasteiger charge is -2.12. The quantitative estimate of drug-likeness (QED) is 0.715. The van der Waals surface area contributed by atoms with Gasteiger partial charge in [0.2, 0.25) is 0 Å². The highest BCUT2D eigenvalue weighted by molar-refractivity contribution is 9.08. The molecule has 0 N–H and O–H groups in total. The molecule has 80 valence electrons. The fraction of sp³-hybridized carbons (Fsp3) is 0.222. The van der Waals surface area contributed by atoms with Gasteiger partial charge in [0.25, 0.3) is 0 Å². The number of benzene rings is 1. The largest absolute Gasteiger partial charge is 0.416 e. The van der Waals surface area contributed by atoms with Crippen LogP contribution in [-0.4, -0.2) is 0 Å². The van der Waals surface area contributed by atoms with Gasteiger partial charge in [0, 0.05) is 10.4 Å². The van der Waals surface area contributed by atoms with Crippen LogP contribution in [0.3, 0.4) is 0 Å². The average molecular weight is 298 g/mol. The standard InChI is InChI=1S/C9H4BrClF3N/c10-3-6-7(9(12,13)14)1-5(4-15)2-8(6)11/h1-2H,3H2. The molecule has 0 spiro atoms. The van der Waals surface area contributed by atoms with Crippen LogP contribution in [0.1, 0.15) is 16.7 Å². The Morgan fingerprint density at radius 2 is 2.00 bits per heavy atom. The summed E-state index contributed by atoms with van der Waals surface area (Å²) >= 11 is 8.57. The van der Waals surface area contributed by atoms with Crippen LogP contribution in [-0.2, 0) is 11.5 Å². The van der Waals surface area contributed by atoms with Gasteiger partial charge in [0.1, 0.15) is 0 Å². The van der Waals surface area contributed by atoms with Crippen molar-refractivity contribution in [2.45, 2.75) is 11.5 Å². The molecule has 0 atom stereocenters. The Balaban J connectivity index is 3.48. The molecule has 0 heterocycles. The van der Waals surface area contributed by atoms with Crippen LogP contribution >= 0.6 is 27.5 Å². The molecular formula is C9H4BrClF3N. The van der Waals surface area contributed by atoms with Crippen LogP contribution in [0.25, 0.3) is 0 Å². The molecule has 0 unspecified atom stereocenters. The zero-order valence-corrected chi connectivity index (χ0v) is 9.54. The molecule has 6 heteroatoms. The third kappa shape index (κ3) is 2.64. The number of rotatable bonds is 1. The minimum Gasteiger partial charge on any atom is -0.192 e. The molecule has 0 saturated carbocycles. The molecular weight excluding hydrogens is 294 g/mol. The summed E-state index contributed by atoms with van der Waals surface area (Å²) in [5, 5.41) is 8.46. The Kier molecular flexibility index (Phi) is 3.63. The smallest absolute Gasteiger partial charge is 0.192 e. The van der Waals surface area contributed by atoms with Crippen molar-refractivity contribution in [3.63, 3.8) is 0 Å². The van der Waals surface area contributed by atoms with E-state index in [1.807, 2.05) is 0 Å². The number of alkyl halides is 4. The fourth-order valence-corrected chi connectivity index (χ4v) is 2.14. The lowest BCUT2D eigenvalue weighted by molar-refractivity contribution is -0.138. The molecule has 1 aromatic carbocycles. The number of hydrogen-bond donors (Lipinski definition) is 0. The SMILES string of the molecule is N#Cc1cc(Cl)c(CBr)c(C(F)(F)F)c1. The summed E-state index contributed by atoms with van der Waals surface area (Å²) in [4.78, 5) is 0. The fourth-order valence-electron chi connectivity index (χ4n) is 1.09. The molecule has 1 aromatic rings. The minimum atomic E-state index is -4.50. The van der Waals surface area contributed by atoms with E-state index < -0.39 is 11.7 Å². The first-order valence-electron chi connectivity index (χ1n) is 3.76. The number of nitriles is 1. The summed E-state index contributed by atoms with van der Waals surface area (Å²) in [6, 6.07) is 3.64. The molecule has 15 heavy (non-hydrogen) atoms. The van der Waals surface area contributed by atoms with Crippen molar-refractivity contribution in [3.8, 4) is 6.07 Å². The maximum absolute atomic E-state index is 12.5. The third-order valence-electron chi connectivity index (χ3n) is 1.76. The zero-order valence-electron chi connectivity index (χ0n) is 7.20. The highest BCUT2D eigenvalue weighted by Gasteiger charge is 2.34. The van der Waals surface area contributed by atoms with Crippen molar-refractivity contribution in [1.29, 1.82) is 5.26 Å². The molecule has 0 aliphatic heterocycles. The van der Waals surface area contributed by atoms with E-state index in [9.17, 15) is 13.2 Å². The van der Waals surface area contributed by atoms with E-state index in [0.29, 0.717) is 0 Å². The molecule has 0 aliphatic carbocycles. The first-order valence-corrected chi connectivity index (χ1v) is 5.25. The summed E-state index contributed by atoms with van der Waals surface area (Å²) in [6.45, 7) is 0. The van der Waals surface area contributed by atoms with E-state index >= 15 is 0 Å². The van der Waals surface area contributed by atoms with Gasteiger partial charge in [-0.25, -0.2) is 0 Å². The van der Waals surface area contributed by atoms with Gasteiger partial charge in [0.15, 0.2) is 0 Å². The molecule has 0 aromatic heterocycles. The van der Waals surface area contributed by atoms with Crippen molar-refractivity contribution in [2.75, 3.05) is 0 Å². The van der Waals surface area contributed by atoms with Crippen molar-refractivity contribution < 1.29 is 13.2 Å². The van der Waals surface area contributed by atoms with Gasteiger partial charge in [-0.15, -0.1) is 0 Å². The average Bonchev–Trinajstić information content (AvgIpc) is 2.15. The Morgan fingerprint density at radius 1 is 1.40 bits per heavy atom. The summed E-state index contributed by atoms with van der Waals surface area (Å²) in [7, 11) is 0. The highest BCUT2D eigenvalue weighted by atomic mass is 79.9. The molecule has 0 aliphatic rings. The van der Waals surface area contributed by atoms with Gasteiger partial charge in [-0.1, -0.05) is 27.5 Å². The van der Waals surface area contributed by atoms with Gasteiger partial charge < -0.3 is 0 Å². The number of hydrogen-bond acceptors (Lipinski definition) is 1. The van der Waals surface area contributed by atoms with Crippen LogP contribution in [0.4, 0.5) is 13.2 Å². The van der Waals surface area contributed by atoms with Gasteiger partial charge in [0.05, 0.1) is 17.2 Å². The van der Waals surface area contributed by atoms with Crippen LogP contribution < -0.4 is 0 Å². The summed E-state index contributed by atoms with van der Waals surface area (Å²) in [5.41, 5.74) is -1.02. The maximum Gasteiger partial charge on any atom is 0.416 e. The van der Waals surface area contributed by atoms with Crippen molar-refractivity contribution in [1.82, 2.24) is 0 Å². The summed E-state index contributed by atoms with van der Waals surface area (Å²) in [6.07, 6.45) is -4.50. The first-order chi connectivity index (χ1) is 6.90. The second-order valence-corrected chi connectivity index (χ2v) is 3.70. The monoisotopic (exact) mass is 297 g/mol. The van der Waals surface area contributed by atoms with Crippen LogP contribution in [0.2, 0.25) is 5.02 Å². The van der Waals surface area contributed by atoms with Gasteiger partial charge >= 0.3 is 6.18 Å². The topological polar surface area (TPSA) is 23.8 Å². The van der Waals surface area contributed by atoms with E-state index in [2.05, 4.69) is 15.9 Å². The highest BCUT2D eigenvalue weighted by Crippen LogP contribution is 2.36.